The molecule has 132 valence electrons. The average Bonchev–Trinajstić information content (AvgIpc) is 2.95. The summed E-state index contributed by atoms with van der Waals surface area (Å²) in [4.78, 5) is 2.30. The van der Waals surface area contributed by atoms with Gasteiger partial charge in [0.25, 0.3) is 0 Å². The number of aromatic hydroxyl groups is 1. The molecule has 2 heterocycles. The van der Waals surface area contributed by atoms with Crippen LogP contribution < -0.4 is 4.74 Å². The molecule has 0 aromatic heterocycles. The van der Waals surface area contributed by atoms with Crippen LogP contribution in [0.4, 0.5) is 0 Å². The zero-order chi connectivity index (χ0) is 17.4. The fraction of sp³-hybridized carbons (Fsp3) is 0.526. The van der Waals surface area contributed by atoms with E-state index in [0.717, 1.165) is 30.6 Å². The summed E-state index contributed by atoms with van der Waals surface area (Å²) in [5.41, 5.74) is 0.966. The number of oxime groups is 1. The number of piperidine rings is 1. The summed E-state index contributed by atoms with van der Waals surface area (Å²) < 4.78 is 6.13. The molecule has 2 aliphatic carbocycles. The summed E-state index contributed by atoms with van der Waals surface area (Å²) >= 11 is 0. The van der Waals surface area contributed by atoms with E-state index in [1.807, 2.05) is 12.1 Å². The number of nitrogens with zero attached hydrogens (tertiary/aromatic N) is 2. The quantitative estimate of drug-likeness (QED) is 0.431. The summed E-state index contributed by atoms with van der Waals surface area (Å²) in [5.74, 6) is 0.550. The van der Waals surface area contributed by atoms with Gasteiger partial charge in [0, 0.05) is 24.7 Å². The fourth-order valence-corrected chi connectivity index (χ4v) is 5.92. The molecule has 2 fully saturated rings. The molecule has 1 aromatic carbocycles. The molecule has 25 heavy (non-hydrogen) atoms. The van der Waals surface area contributed by atoms with Gasteiger partial charge in [0.05, 0.1) is 16.7 Å². The Morgan fingerprint density at radius 1 is 1.40 bits per heavy atom. The molecule has 1 saturated heterocycles. The van der Waals surface area contributed by atoms with Crippen LogP contribution in [0.3, 0.4) is 0 Å². The maximum absolute atomic E-state index is 11.9. The molecule has 1 spiro atoms. The van der Waals surface area contributed by atoms with Crippen molar-refractivity contribution >= 4 is 5.71 Å². The van der Waals surface area contributed by atoms with Crippen LogP contribution in [0.1, 0.15) is 30.4 Å². The lowest BCUT2D eigenvalue weighted by atomic mass is 9.49. The Morgan fingerprint density at radius 3 is 3.00 bits per heavy atom. The number of likely N-dealkylation sites (tertiary alicyclic amines) is 1. The lowest BCUT2D eigenvalue weighted by molar-refractivity contribution is -0.164. The summed E-state index contributed by atoms with van der Waals surface area (Å²) in [5, 5.41) is 35.3. The van der Waals surface area contributed by atoms with Gasteiger partial charge in [-0.25, -0.2) is 0 Å². The molecule has 0 radical (unpaired) electrons. The lowest BCUT2D eigenvalue weighted by Crippen LogP contribution is -2.76. The molecule has 6 nitrogen and oxygen atoms in total. The molecular weight excluding hydrogens is 320 g/mol. The number of ether oxygens (including phenoxy) is 1. The summed E-state index contributed by atoms with van der Waals surface area (Å²) in [6, 6.07) is 3.57. The maximum atomic E-state index is 11.9. The van der Waals surface area contributed by atoms with Crippen molar-refractivity contribution in [3.8, 4) is 11.5 Å². The number of phenols is 1. The van der Waals surface area contributed by atoms with E-state index in [-0.39, 0.29) is 11.8 Å². The second-order valence-electron chi connectivity index (χ2n) is 7.69. The minimum Gasteiger partial charge on any atom is -0.504 e. The van der Waals surface area contributed by atoms with Crippen molar-refractivity contribution in [2.24, 2.45) is 5.16 Å². The van der Waals surface area contributed by atoms with E-state index >= 15 is 0 Å². The van der Waals surface area contributed by atoms with Crippen molar-refractivity contribution < 1.29 is 20.2 Å². The number of phenolic OH excluding ortho intramolecular Hbond substituents is 1. The van der Waals surface area contributed by atoms with Gasteiger partial charge >= 0.3 is 0 Å². The topological polar surface area (TPSA) is 85.5 Å². The number of aliphatic hydroxyl groups is 1. The Kier molecular flexibility index (Phi) is 2.90. The first-order chi connectivity index (χ1) is 12.1. The van der Waals surface area contributed by atoms with Gasteiger partial charge in [-0.05, 0) is 37.3 Å². The highest BCUT2D eigenvalue weighted by Crippen LogP contribution is 2.64. The first kappa shape index (κ1) is 15.2. The van der Waals surface area contributed by atoms with Gasteiger partial charge in [-0.2, -0.15) is 0 Å². The van der Waals surface area contributed by atoms with Crippen LogP contribution in [0.2, 0.25) is 0 Å². The summed E-state index contributed by atoms with van der Waals surface area (Å²) in [6.45, 7) is 5.40. The highest BCUT2D eigenvalue weighted by atomic mass is 16.5. The summed E-state index contributed by atoms with van der Waals surface area (Å²) in [6.07, 6.45) is 3.79. The average molecular weight is 342 g/mol. The SMILES string of the molecule is C=CCN1CCC23c4c5ccc(O)c4OC2/C(=N\O)CCC3(O)C1C5. The standard InChI is InChI=1S/C19H22N2O4/c1-2-8-21-9-7-18-15-11-3-4-13(22)16(15)25-17(18)12(20-24)5-6-19(18,23)14(21)10-11/h2-4,14,17,22-24H,1,5-10H2/b20-12-. The molecule has 4 aliphatic rings. The van der Waals surface area contributed by atoms with Crippen LogP contribution in [0.5, 0.6) is 11.5 Å². The number of hydrogen-bond donors (Lipinski definition) is 3. The fourth-order valence-electron chi connectivity index (χ4n) is 5.92. The van der Waals surface area contributed by atoms with Crippen molar-refractivity contribution in [3.05, 3.63) is 35.9 Å². The molecule has 4 unspecified atom stereocenters. The zero-order valence-electron chi connectivity index (χ0n) is 14.0. The Bertz CT molecular complexity index is 807. The molecule has 2 aliphatic heterocycles. The second-order valence-corrected chi connectivity index (χ2v) is 7.69. The Balaban J connectivity index is 1.79. The van der Waals surface area contributed by atoms with Gasteiger partial charge in [0.2, 0.25) is 0 Å². The van der Waals surface area contributed by atoms with E-state index in [1.54, 1.807) is 6.07 Å². The molecule has 1 aromatic rings. The van der Waals surface area contributed by atoms with Crippen molar-refractivity contribution in [2.45, 2.75) is 48.8 Å². The van der Waals surface area contributed by atoms with E-state index in [4.69, 9.17) is 4.74 Å². The Hall–Kier alpha value is -2.05. The smallest absolute Gasteiger partial charge is 0.166 e. The van der Waals surface area contributed by atoms with Crippen LogP contribution in [0.25, 0.3) is 0 Å². The van der Waals surface area contributed by atoms with Crippen molar-refractivity contribution in [2.75, 3.05) is 13.1 Å². The Labute approximate surface area is 146 Å². The molecule has 6 heteroatoms. The van der Waals surface area contributed by atoms with E-state index in [2.05, 4.69) is 16.6 Å². The predicted octanol–water partition coefficient (Wildman–Crippen LogP) is 1.56. The van der Waals surface area contributed by atoms with Crippen molar-refractivity contribution in [1.29, 1.82) is 0 Å². The largest absolute Gasteiger partial charge is 0.504 e. The van der Waals surface area contributed by atoms with Crippen LogP contribution in [-0.4, -0.2) is 56.9 Å². The van der Waals surface area contributed by atoms with E-state index in [0.29, 0.717) is 30.7 Å². The van der Waals surface area contributed by atoms with E-state index in [9.17, 15) is 15.4 Å². The van der Waals surface area contributed by atoms with Gasteiger partial charge in [-0.15, -0.1) is 6.58 Å². The third kappa shape index (κ3) is 1.56. The lowest BCUT2D eigenvalue weighted by Gasteiger charge is -2.62. The molecule has 5 rings (SSSR count). The maximum Gasteiger partial charge on any atom is 0.166 e. The molecule has 2 bridgehead atoms. The number of hydrogen-bond acceptors (Lipinski definition) is 6. The predicted molar refractivity (Wildman–Crippen MR) is 91.5 cm³/mol. The van der Waals surface area contributed by atoms with Gasteiger partial charge < -0.3 is 20.2 Å². The highest BCUT2D eigenvalue weighted by Gasteiger charge is 2.72. The second kappa shape index (κ2) is 4.77. The van der Waals surface area contributed by atoms with Crippen LogP contribution in [-0.2, 0) is 11.8 Å². The van der Waals surface area contributed by atoms with Gasteiger partial charge in [0.1, 0.15) is 0 Å². The molecule has 1 saturated carbocycles. The van der Waals surface area contributed by atoms with Crippen LogP contribution in [0, 0.1) is 0 Å². The van der Waals surface area contributed by atoms with Crippen LogP contribution >= 0.6 is 0 Å². The number of benzene rings is 1. The third-order valence-electron chi connectivity index (χ3n) is 6.88. The monoisotopic (exact) mass is 342 g/mol. The van der Waals surface area contributed by atoms with Crippen LogP contribution in [0.15, 0.2) is 29.9 Å². The summed E-state index contributed by atoms with van der Waals surface area (Å²) in [7, 11) is 0. The van der Waals surface area contributed by atoms with Gasteiger partial charge in [-0.3, -0.25) is 4.90 Å². The normalized spacial score (nSPS) is 39.8. The Morgan fingerprint density at radius 2 is 2.24 bits per heavy atom. The molecule has 4 atom stereocenters. The minimum atomic E-state index is -0.973. The molecule has 3 N–H and O–H groups in total. The zero-order valence-corrected chi connectivity index (χ0v) is 14.0. The van der Waals surface area contributed by atoms with Gasteiger partial charge in [0.15, 0.2) is 17.6 Å². The van der Waals surface area contributed by atoms with Crippen molar-refractivity contribution in [1.82, 2.24) is 4.90 Å². The van der Waals surface area contributed by atoms with Gasteiger partial charge in [-0.1, -0.05) is 17.3 Å². The van der Waals surface area contributed by atoms with E-state index in [1.165, 1.54) is 0 Å². The minimum absolute atomic E-state index is 0.0337. The highest BCUT2D eigenvalue weighted by molar-refractivity contribution is 5.94. The third-order valence-corrected chi connectivity index (χ3v) is 6.88. The number of rotatable bonds is 2. The van der Waals surface area contributed by atoms with E-state index < -0.39 is 17.1 Å². The molecule has 0 amide bonds. The molecular formula is C19H22N2O4. The van der Waals surface area contributed by atoms with Crippen molar-refractivity contribution in [3.63, 3.8) is 0 Å². The first-order valence-corrected chi connectivity index (χ1v) is 8.87. The first-order valence-electron chi connectivity index (χ1n) is 8.87.